The number of aliphatic hydroxyl groups excluding tert-OH is 1. The topological polar surface area (TPSA) is 53.3 Å². The summed E-state index contributed by atoms with van der Waals surface area (Å²) >= 11 is 5.61. The highest BCUT2D eigenvalue weighted by Gasteiger charge is 2.41. The van der Waals surface area contributed by atoms with E-state index in [0.29, 0.717) is 11.7 Å². The molecular formula is C22H24N4OS. The Morgan fingerprint density at radius 1 is 1.11 bits per heavy atom. The molecule has 2 aromatic heterocycles. The van der Waals surface area contributed by atoms with Crippen LogP contribution in [0.2, 0.25) is 0 Å². The quantitative estimate of drug-likeness (QED) is 0.652. The normalized spacial score (nSPS) is 19.1. The van der Waals surface area contributed by atoms with Gasteiger partial charge >= 0.3 is 0 Å². The number of para-hydroxylation sites is 1. The van der Waals surface area contributed by atoms with E-state index in [1.165, 1.54) is 17.0 Å². The molecular weight excluding hydrogens is 368 g/mol. The summed E-state index contributed by atoms with van der Waals surface area (Å²) in [6.45, 7) is 4.79. The van der Waals surface area contributed by atoms with Crippen LogP contribution in [0.3, 0.4) is 0 Å². The number of hydrogen-bond donors (Lipinski definition) is 2. The number of hydrogen-bond acceptors (Lipinski definition) is 3. The molecule has 6 heteroatoms. The molecule has 0 aliphatic carbocycles. The lowest BCUT2D eigenvalue weighted by Crippen LogP contribution is -2.32. The number of aliphatic hydroxyl groups is 1. The Hall–Kier alpha value is -2.70. The third kappa shape index (κ3) is 3.19. The highest BCUT2D eigenvalue weighted by Crippen LogP contribution is 2.41. The van der Waals surface area contributed by atoms with Gasteiger partial charge in [0.05, 0.1) is 24.4 Å². The predicted octanol–water partition coefficient (Wildman–Crippen LogP) is 3.45. The average Bonchev–Trinajstić information content (AvgIpc) is 3.19. The van der Waals surface area contributed by atoms with Crippen molar-refractivity contribution in [3.8, 4) is 5.69 Å². The maximum atomic E-state index is 9.62. The molecule has 1 aromatic carbocycles. The molecule has 1 aliphatic heterocycles. The van der Waals surface area contributed by atoms with E-state index in [0.717, 1.165) is 11.4 Å². The monoisotopic (exact) mass is 392 g/mol. The van der Waals surface area contributed by atoms with Crippen LogP contribution in [0.5, 0.6) is 0 Å². The minimum absolute atomic E-state index is 0.0294. The lowest BCUT2D eigenvalue weighted by Gasteiger charge is -2.27. The number of rotatable bonds is 5. The van der Waals surface area contributed by atoms with Gasteiger partial charge in [0.25, 0.3) is 0 Å². The van der Waals surface area contributed by atoms with Gasteiger partial charge in [-0.1, -0.05) is 24.3 Å². The van der Waals surface area contributed by atoms with Gasteiger partial charge in [-0.15, -0.1) is 0 Å². The minimum Gasteiger partial charge on any atom is -0.395 e. The number of nitrogens with one attached hydrogen (secondary N) is 1. The fourth-order valence-electron chi connectivity index (χ4n) is 4.15. The van der Waals surface area contributed by atoms with E-state index in [1.807, 2.05) is 24.3 Å². The second kappa shape index (κ2) is 7.73. The largest absolute Gasteiger partial charge is 0.395 e. The first-order valence-corrected chi connectivity index (χ1v) is 9.86. The van der Waals surface area contributed by atoms with Gasteiger partial charge < -0.3 is 19.9 Å². The van der Waals surface area contributed by atoms with Crippen molar-refractivity contribution in [2.45, 2.75) is 25.9 Å². The number of pyridine rings is 1. The van der Waals surface area contributed by atoms with Gasteiger partial charge in [-0.05, 0) is 62.0 Å². The summed E-state index contributed by atoms with van der Waals surface area (Å²) in [5.74, 6) is 0. The molecule has 0 spiro atoms. The molecule has 5 nitrogen and oxygen atoms in total. The lowest BCUT2D eigenvalue weighted by molar-refractivity contribution is 0.223. The second-order valence-corrected chi connectivity index (χ2v) is 7.43. The van der Waals surface area contributed by atoms with Crippen LogP contribution in [0.15, 0.2) is 60.8 Å². The van der Waals surface area contributed by atoms with Crippen molar-refractivity contribution in [3.05, 3.63) is 83.4 Å². The molecule has 0 amide bonds. The number of thiocarbonyl (C=S) groups is 1. The van der Waals surface area contributed by atoms with Crippen molar-refractivity contribution >= 4 is 17.3 Å². The highest BCUT2D eigenvalue weighted by atomic mass is 32.1. The van der Waals surface area contributed by atoms with Gasteiger partial charge in [-0.25, -0.2) is 0 Å². The van der Waals surface area contributed by atoms with E-state index in [9.17, 15) is 5.11 Å². The van der Waals surface area contributed by atoms with Gasteiger partial charge in [0.15, 0.2) is 5.11 Å². The van der Waals surface area contributed by atoms with E-state index >= 15 is 0 Å². The average molecular weight is 393 g/mol. The molecule has 3 aromatic rings. The van der Waals surface area contributed by atoms with Crippen LogP contribution in [0.1, 0.15) is 34.7 Å². The molecule has 2 N–H and O–H groups in total. The van der Waals surface area contributed by atoms with Crippen LogP contribution >= 0.6 is 12.2 Å². The number of β-amino-alcohol motifs (C(OH)–C–C–N with tert-alkyl or cyclic N) is 1. The van der Waals surface area contributed by atoms with Crippen LogP contribution in [-0.4, -0.2) is 37.8 Å². The zero-order chi connectivity index (χ0) is 19.7. The fraction of sp³-hybridized carbons (Fsp3) is 0.273. The maximum absolute atomic E-state index is 9.62. The van der Waals surface area contributed by atoms with Crippen molar-refractivity contribution in [2.24, 2.45) is 0 Å². The fourth-order valence-corrected chi connectivity index (χ4v) is 4.49. The first kappa shape index (κ1) is 18.7. The standard InChI is InChI=1S/C22H24N4OS/c1-15-14-18(16(2)26(15)17-8-4-3-5-9-17)21-20(19-10-6-7-11-23-19)24-22(28)25(21)12-13-27/h3-11,14,20-21,27H,12-13H2,1-2H3,(H,24,28)/t20-,21+/m1/s1. The molecule has 1 fully saturated rings. The Bertz CT molecular complexity index is 971. The molecule has 0 unspecified atom stereocenters. The van der Waals surface area contributed by atoms with Crippen LogP contribution in [0, 0.1) is 13.8 Å². The molecule has 1 aliphatic rings. The summed E-state index contributed by atoms with van der Waals surface area (Å²) in [5.41, 5.74) is 5.61. The Morgan fingerprint density at radius 3 is 2.54 bits per heavy atom. The van der Waals surface area contributed by atoms with Crippen LogP contribution in [-0.2, 0) is 0 Å². The SMILES string of the molecule is Cc1cc([C@H]2[C@@H](c3ccccn3)NC(=S)N2CCO)c(C)n1-c1ccccc1. The van der Waals surface area contributed by atoms with E-state index in [-0.39, 0.29) is 18.7 Å². The van der Waals surface area contributed by atoms with Gasteiger partial charge in [-0.2, -0.15) is 0 Å². The number of aromatic nitrogens is 2. The van der Waals surface area contributed by atoms with E-state index in [2.05, 4.69) is 63.9 Å². The third-order valence-electron chi connectivity index (χ3n) is 5.34. The summed E-state index contributed by atoms with van der Waals surface area (Å²) in [7, 11) is 0. The van der Waals surface area contributed by atoms with Crippen molar-refractivity contribution < 1.29 is 5.11 Å². The molecule has 144 valence electrons. The molecule has 2 atom stereocenters. The predicted molar refractivity (Wildman–Crippen MR) is 114 cm³/mol. The summed E-state index contributed by atoms with van der Waals surface area (Å²) in [6, 6.07) is 18.4. The Labute approximate surface area is 170 Å². The minimum atomic E-state index is -0.0648. The summed E-state index contributed by atoms with van der Waals surface area (Å²) in [5, 5.41) is 13.7. The lowest BCUT2D eigenvalue weighted by atomic mass is 9.97. The van der Waals surface area contributed by atoms with Gasteiger partial charge in [0, 0.05) is 29.8 Å². The van der Waals surface area contributed by atoms with Crippen molar-refractivity contribution in [3.63, 3.8) is 0 Å². The zero-order valence-electron chi connectivity index (χ0n) is 16.0. The van der Waals surface area contributed by atoms with Crippen molar-refractivity contribution in [1.29, 1.82) is 0 Å². The molecule has 0 radical (unpaired) electrons. The Morgan fingerprint density at radius 2 is 1.86 bits per heavy atom. The summed E-state index contributed by atoms with van der Waals surface area (Å²) in [4.78, 5) is 6.64. The Balaban J connectivity index is 1.83. The third-order valence-corrected chi connectivity index (χ3v) is 5.69. The second-order valence-electron chi connectivity index (χ2n) is 7.04. The highest BCUT2D eigenvalue weighted by molar-refractivity contribution is 7.80. The van der Waals surface area contributed by atoms with E-state index in [4.69, 9.17) is 12.2 Å². The molecule has 28 heavy (non-hydrogen) atoms. The summed E-state index contributed by atoms with van der Waals surface area (Å²) in [6.07, 6.45) is 1.80. The maximum Gasteiger partial charge on any atom is 0.170 e. The molecule has 0 saturated carbocycles. The smallest absolute Gasteiger partial charge is 0.170 e. The molecule has 1 saturated heterocycles. The van der Waals surface area contributed by atoms with E-state index < -0.39 is 0 Å². The van der Waals surface area contributed by atoms with E-state index in [1.54, 1.807) is 6.20 Å². The van der Waals surface area contributed by atoms with Crippen LogP contribution in [0.4, 0.5) is 0 Å². The van der Waals surface area contributed by atoms with Crippen molar-refractivity contribution in [1.82, 2.24) is 19.8 Å². The summed E-state index contributed by atoms with van der Waals surface area (Å²) < 4.78 is 2.27. The Kier molecular flexibility index (Phi) is 5.15. The number of nitrogens with zero attached hydrogens (tertiary/aromatic N) is 3. The zero-order valence-corrected chi connectivity index (χ0v) is 16.9. The first-order chi connectivity index (χ1) is 13.6. The van der Waals surface area contributed by atoms with Crippen LogP contribution in [0.25, 0.3) is 5.69 Å². The molecule has 0 bridgehead atoms. The number of aryl methyl sites for hydroxylation is 1. The van der Waals surface area contributed by atoms with Crippen molar-refractivity contribution in [2.75, 3.05) is 13.2 Å². The number of benzene rings is 1. The molecule has 4 rings (SSSR count). The first-order valence-electron chi connectivity index (χ1n) is 9.45. The van der Waals surface area contributed by atoms with Gasteiger partial charge in [0.2, 0.25) is 0 Å². The van der Waals surface area contributed by atoms with Gasteiger partial charge in [0.1, 0.15) is 0 Å². The van der Waals surface area contributed by atoms with Crippen LogP contribution < -0.4 is 5.32 Å². The molecule has 3 heterocycles. The van der Waals surface area contributed by atoms with Gasteiger partial charge in [-0.3, -0.25) is 4.98 Å².